The normalized spacial score (nSPS) is 16.5. The average Bonchev–Trinajstić information content (AvgIpc) is 3.09. The first-order valence-electron chi connectivity index (χ1n) is 8.54. The highest BCUT2D eigenvalue weighted by Gasteiger charge is 2.22. The summed E-state index contributed by atoms with van der Waals surface area (Å²) < 4.78 is 10.6. The Morgan fingerprint density at radius 3 is 2.38 bits per heavy atom. The molecule has 0 aliphatic carbocycles. The monoisotopic (exact) mass is 368 g/mol. The van der Waals surface area contributed by atoms with Crippen LogP contribution in [0.15, 0.2) is 18.2 Å². The van der Waals surface area contributed by atoms with Gasteiger partial charge in [0.1, 0.15) is 0 Å². The summed E-state index contributed by atoms with van der Waals surface area (Å²) in [6.07, 6.45) is 2.64. The molecule has 2 rings (SSSR count). The van der Waals surface area contributed by atoms with E-state index in [1.165, 1.54) is 24.9 Å². The largest absolute Gasteiger partial charge is 0.493 e. The lowest BCUT2D eigenvalue weighted by molar-refractivity contribution is -0.159. The van der Waals surface area contributed by atoms with Gasteiger partial charge in [-0.25, -0.2) is 9.59 Å². The highest BCUT2D eigenvalue weighted by Crippen LogP contribution is 2.27. The molecule has 1 aromatic rings. The van der Waals surface area contributed by atoms with Crippen molar-refractivity contribution in [2.45, 2.75) is 32.4 Å². The molecule has 146 valence electrons. The van der Waals surface area contributed by atoms with Crippen molar-refractivity contribution < 1.29 is 29.3 Å². The van der Waals surface area contributed by atoms with Gasteiger partial charge in [0.15, 0.2) is 11.5 Å². The first-order valence-corrected chi connectivity index (χ1v) is 8.54. The van der Waals surface area contributed by atoms with Crippen LogP contribution in [-0.2, 0) is 16.1 Å². The number of carboxylic acid groups (broad SMARTS) is 2. The summed E-state index contributed by atoms with van der Waals surface area (Å²) in [7, 11) is 3.34. The Bertz CT molecular complexity index is 581. The van der Waals surface area contributed by atoms with E-state index in [4.69, 9.17) is 29.3 Å². The third kappa shape index (κ3) is 6.89. The standard InChI is InChI=1S/C16H26N2O2.C2H2O4/c1-4-18-9-5-6-14(18)12-17-11-13-7-8-15(19-2)16(10-13)20-3;3-1(4)2(5)6/h7-8,10,14,17H,4-6,9,11-12H2,1-3H3;(H,3,4)(H,5,6). The summed E-state index contributed by atoms with van der Waals surface area (Å²) in [6.45, 7) is 6.57. The van der Waals surface area contributed by atoms with E-state index in [-0.39, 0.29) is 0 Å². The molecule has 8 heteroatoms. The van der Waals surface area contributed by atoms with E-state index in [1.54, 1.807) is 14.2 Å². The van der Waals surface area contributed by atoms with Gasteiger partial charge in [0.25, 0.3) is 0 Å². The second kappa shape index (κ2) is 11.3. The van der Waals surface area contributed by atoms with Crippen LogP contribution < -0.4 is 14.8 Å². The number of nitrogens with zero attached hydrogens (tertiary/aromatic N) is 1. The fraction of sp³-hybridized carbons (Fsp3) is 0.556. The van der Waals surface area contributed by atoms with Crippen molar-refractivity contribution in [1.82, 2.24) is 10.2 Å². The zero-order valence-corrected chi connectivity index (χ0v) is 15.5. The molecule has 1 heterocycles. The van der Waals surface area contributed by atoms with Crippen molar-refractivity contribution in [2.24, 2.45) is 0 Å². The first kappa shape index (κ1) is 21.7. The fourth-order valence-electron chi connectivity index (χ4n) is 2.92. The number of aliphatic carboxylic acids is 2. The lowest BCUT2D eigenvalue weighted by Gasteiger charge is -2.23. The molecule has 8 nitrogen and oxygen atoms in total. The lowest BCUT2D eigenvalue weighted by atomic mass is 10.2. The lowest BCUT2D eigenvalue weighted by Crippen LogP contribution is -2.37. The Kier molecular flexibility index (Phi) is 9.46. The number of likely N-dealkylation sites (tertiary alicyclic amines) is 1. The fourth-order valence-corrected chi connectivity index (χ4v) is 2.92. The van der Waals surface area contributed by atoms with Crippen molar-refractivity contribution in [3.8, 4) is 11.5 Å². The van der Waals surface area contributed by atoms with Crippen LogP contribution in [0.25, 0.3) is 0 Å². The van der Waals surface area contributed by atoms with Crippen molar-refractivity contribution in [3.63, 3.8) is 0 Å². The van der Waals surface area contributed by atoms with Crippen molar-refractivity contribution >= 4 is 11.9 Å². The predicted octanol–water partition coefficient (Wildman–Crippen LogP) is 1.43. The molecule has 1 saturated heterocycles. The third-order valence-electron chi connectivity index (χ3n) is 4.25. The van der Waals surface area contributed by atoms with Gasteiger partial charge in [-0.1, -0.05) is 13.0 Å². The number of benzene rings is 1. The van der Waals surface area contributed by atoms with E-state index in [0.29, 0.717) is 6.04 Å². The number of methoxy groups -OCH3 is 2. The Labute approximate surface area is 153 Å². The van der Waals surface area contributed by atoms with Gasteiger partial charge >= 0.3 is 11.9 Å². The Balaban J connectivity index is 0.000000487. The zero-order chi connectivity index (χ0) is 19.5. The molecule has 1 aliphatic heterocycles. The summed E-state index contributed by atoms with van der Waals surface area (Å²) in [5, 5.41) is 18.3. The quantitative estimate of drug-likeness (QED) is 0.621. The minimum Gasteiger partial charge on any atom is -0.493 e. The number of carboxylic acids is 2. The molecule has 1 fully saturated rings. The molecule has 1 atom stereocenters. The van der Waals surface area contributed by atoms with Gasteiger partial charge in [0, 0.05) is 19.1 Å². The minimum absolute atomic E-state index is 0.695. The van der Waals surface area contributed by atoms with Crippen LogP contribution in [0.3, 0.4) is 0 Å². The number of ether oxygens (including phenoxy) is 2. The van der Waals surface area contributed by atoms with Crippen molar-refractivity contribution in [2.75, 3.05) is 33.9 Å². The van der Waals surface area contributed by atoms with Crippen LogP contribution in [0.1, 0.15) is 25.3 Å². The summed E-state index contributed by atoms with van der Waals surface area (Å²) in [5.74, 6) is -2.07. The molecule has 0 radical (unpaired) electrons. The number of rotatable bonds is 7. The maximum Gasteiger partial charge on any atom is 0.414 e. The van der Waals surface area contributed by atoms with E-state index in [2.05, 4.69) is 23.2 Å². The molecule has 0 bridgehead atoms. The van der Waals surface area contributed by atoms with Crippen LogP contribution in [0.2, 0.25) is 0 Å². The highest BCUT2D eigenvalue weighted by molar-refractivity contribution is 6.27. The molecular weight excluding hydrogens is 340 g/mol. The molecular formula is C18H28N2O6. The molecule has 0 saturated carbocycles. The minimum atomic E-state index is -1.82. The number of likely N-dealkylation sites (N-methyl/N-ethyl adjacent to an activating group) is 1. The highest BCUT2D eigenvalue weighted by atomic mass is 16.5. The summed E-state index contributed by atoms with van der Waals surface area (Å²) in [6, 6.07) is 6.78. The Hall–Kier alpha value is -2.32. The summed E-state index contributed by atoms with van der Waals surface area (Å²) >= 11 is 0. The number of hydrogen-bond acceptors (Lipinski definition) is 6. The summed E-state index contributed by atoms with van der Waals surface area (Å²) in [4.78, 5) is 20.8. The van der Waals surface area contributed by atoms with Crippen molar-refractivity contribution in [3.05, 3.63) is 23.8 Å². The number of hydrogen-bond donors (Lipinski definition) is 3. The van der Waals surface area contributed by atoms with E-state index in [9.17, 15) is 0 Å². The smallest absolute Gasteiger partial charge is 0.414 e. The van der Waals surface area contributed by atoms with Crippen LogP contribution >= 0.6 is 0 Å². The third-order valence-corrected chi connectivity index (χ3v) is 4.25. The second-order valence-corrected chi connectivity index (χ2v) is 5.86. The molecule has 26 heavy (non-hydrogen) atoms. The Morgan fingerprint density at radius 2 is 1.85 bits per heavy atom. The van der Waals surface area contributed by atoms with Gasteiger partial charge in [0.2, 0.25) is 0 Å². The molecule has 0 spiro atoms. The Morgan fingerprint density at radius 1 is 1.19 bits per heavy atom. The van der Waals surface area contributed by atoms with E-state index in [1.807, 2.05) is 12.1 Å². The van der Waals surface area contributed by atoms with Gasteiger partial charge in [-0.05, 0) is 43.6 Å². The molecule has 3 N–H and O–H groups in total. The molecule has 0 aromatic heterocycles. The van der Waals surface area contributed by atoms with Crippen LogP contribution in [0.4, 0.5) is 0 Å². The number of nitrogens with one attached hydrogen (secondary N) is 1. The molecule has 1 unspecified atom stereocenters. The van der Waals surface area contributed by atoms with E-state index < -0.39 is 11.9 Å². The van der Waals surface area contributed by atoms with Gasteiger partial charge in [-0.15, -0.1) is 0 Å². The SMILES string of the molecule is CCN1CCCC1CNCc1ccc(OC)c(OC)c1.O=C(O)C(=O)O. The first-order chi connectivity index (χ1) is 12.4. The molecule has 0 amide bonds. The molecule has 1 aromatic carbocycles. The predicted molar refractivity (Wildman–Crippen MR) is 96.8 cm³/mol. The van der Waals surface area contributed by atoms with Gasteiger partial charge in [-0.2, -0.15) is 0 Å². The topological polar surface area (TPSA) is 108 Å². The molecule has 1 aliphatic rings. The average molecular weight is 368 g/mol. The van der Waals surface area contributed by atoms with Crippen LogP contribution in [0, 0.1) is 0 Å². The van der Waals surface area contributed by atoms with Gasteiger partial charge in [-0.3, -0.25) is 4.90 Å². The van der Waals surface area contributed by atoms with E-state index >= 15 is 0 Å². The van der Waals surface area contributed by atoms with Crippen molar-refractivity contribution in [1.29, 1.82) is 0 Å². The summed E-state index contributed by atoms with van der Waals surface area (Å²) in [5.41, 5.74) is 1.23. The van der Waals surface area contributed by atoms with Gasteiger partial charge < -0.3 is 25.0 Å². The second-order valence-electron chi connectivity index (χ2n) is 5.86. The van der Waals surface area contributed by atoms with Crippen LogP contribution in [0.5, 0.6) is 11.5 Å². The number of carbonyl (C=O) groups is 2. The van der Waals surface area contributed by atoms with Crippen LogP contribution in [-0.4, -0.2) is 66.9 Å². The zero-order valence-electron chi connectivity index (χ0n) is 15.5. The van der Waals surface area contributed by atoms with Gasteiger partial charge in [0.05, 0.1) is 14.2 Å². The maximum atomic E-state index is 9.10. The van der Waals surface area contributed by atoms with E-state index in [0.717, 1.165) is 31.1 Å². The maximum absolute atomic E-state index is 9.10.